The molecule has 2 saturated heterocycles. The predicted molar refractivity (Wildman–Crippen MR) is 101 cm³/mol. The molecule has 0 aromatic carbocycles. The number of carbonyl (C=O) groups excluding carboxylic acids is 2. The van der Waals surface area contributed by atoms with E-state index in [0.717, 1.165) is 69.0 Å². The summed E-state index contributed by atoms with van der Waals surface area (Å²) in [5.74, 6) is 0.905. The van der Waals surface area contributed by atoms with E-state index in [1.54, 1.807) is 0 Å². The van der Waals surface area contributed by atoms with Crippen LogP contribution in [0, 0.1) is 12.8 Å². The second kappa shape index (κ2) is 8.32. The maximum atomic E-state index is 12.7. The number of hydrogen-bond donors (Lipinski definition) is 0. The lowest BCUT2D eigenvalue weighted by molar-refractivity contribution is -0.133. The number of likely N-dealkylation sites (tertiary alicyclic amines) is 1. The lowest BCUT2D eigenvalue weighted by Crippen LogP contribution is -2.47. The molecule has 2 aliphatic heterocycles. The normalized spacial score (nSPS) is 22.2. The van der Waals surface area contributed by atoms with Crippen molar-refractivity contribution in [2.75, 3.05) is 46.3 Å². The van der Waals surface area contributed by atoms with E-state index in [9.17, 15) is 9.59 Å². The maximum Gasteiger partial charge on any atom is 0.264 e. The Bertz CT molecular complexity index is 608. The van der Waals surface area contributed by atoms with Crippen LogP contribution in [-0.2, 0) is 4.79 Å². The largest absolute Gasteiger partial charge is 0.340 e. The Morgan fingerprint density at radius 3 is 2.60 bits per heavy atom. The standard InChI is InChI=1S/C19H29N3O2S/c1-15-7-13-25-18(15)19(24)22-8-3-4-16(14-22)5-6-17(23)21-11-9-20(2)10-12-21/h7,13,16H,3-6,8-12,14H2,1-2H3/t16-/m0/s1. The van der Waals surface area contributed by atoms with E-state index >= 15 is 0 Å². The average molecular weight is 364 g/mol. The van der Waals surface area contributed by atoms with Gasteiger partial charge in [-0.05, 0) is 56.2 Å². The first-order valence-electron chi connectivity index (χ1n) is 9.34. The highest BCUT2D eigenvalue weighted by molar-refractivity contribution is 7.12. The van der Waals surface area contributed by atoms with Crippen LogP contribution in [0.5, 0.6) is 0 Å². The van der Waals surface area contributed by atoms with Crippen LogP contribution in [0.2, 0.25) is 0 Å². The molecule has 1 aromatic rings. The molecule has 2 amide bonds. The molecular weight excluding hydrogens is 334 g/mol. The number of thiophene rings is 1. The third-order valence-corrected chi connectivity index (χ3v) is 6.49. The van der Waals surface area contributed by atoms with E-state index < -0.39 is 0 Å². The molecule has 6 heteroatoms. The first-order chi connectivity index (χ1) is 12.0. The van der Waals surface area contributed by atoms with Crippen LogP contribution in [0.15, 0.2) is 11.4 Å². The van der Waals surface area contributed by atoms with Crippen LogP contribution in [0.25, 0.3) is 0 Å². The Morgan fingerprint density at radius 1 is 1.16 bits per heavy atom. The second-order valence-corrected chi connectivity index (χ2v) is 8.33. The summed E-state index contributed by atoms with van der Waals surface area (Å²) in [6.45, 7) is 7.28. The van der Waals surface area contributed by atoms with Gasteiger partial charge in [-0.25, -0.2) is 0 Å². The Morgan fingerprint density at radius 2 is 1.92 bits per heavy atom. The highest BCUT2D eigenvalue weighted by atomic mass is 32.1. The highest BCUT2D eigenvalue weighted by Gasteiger charge is 2.27. The molecule has 1 aromatic heterocycles. The number of hydrogen-bond acceptors (Lipinski definition) is 4. The van der Waals surface area contributed by atoms with Gasteiger partial charge in [-0.2, -0.15) is 0 Å². The number of amides is 2. The molecular formula is C19H29N3O2S. The van der Waals surface area contributed by atoms with Crippen LogP contribution in [0.3, 0.4) is 0 Å². The minimum Gasteiger partial charge on any atom is -0.340 e. The van der Waals surface area contributed by atoms with Crippen LogP contribution < -0.4 is 0 Å². The average Bonchev–Trinajstić information content (AvgIpc) is 3.06. The van der Waals surface area contributed by atoms with Crippen LogP contribution in [0.1, 0.15) is 40.9 Å². The summed E-state index contributed by atoms with van der Waals surface area (Å²) < 4.78 is 0. The smallest absolute Gasteiger partial charge is 0.264 e. The number of piperazine rings is 1. The predicted octanol–water partition coefficient (Wildman–Crippen LogP) is 2.46. The lowest BCUT2D eigenvalue weighted by Gasteiger charge is -2.34. The van der Waals surface area contributed by atoms with Gasteiger partial charge in [-0.1, -0.05) is 0 Å². The number of carbonyl (C=O) groups is 2. The molecule has 5 nitrogen and oxygen atoms in total. The molecule has 138 valence electrons. The lowest BCUT2D eigenvalue weighted by atomic mass is 9.93. The minimum atomic E-state index is 0.169. The first-order valence-corrected chi connectivity index (χ1v) is 10.2. The zero-order valence-electron chi connectivity index (χ0n) is 15.4. The fourth-order valence-corrected chi connectivity index (χ4v) is 4.65. The number of likely N-dealkylation sites (N-methyl/N-ethyl adjacent to an activating group) is 1. The van der Waals surface area contributed by atoms with E-state index in [2.05, 4.69) is 11.9 Å². The summed E-state index contributed by atoms with van der Waals surface area (Å²) in [6.07, 6.45) is 3.69. The van der Waals surface area contributed by atoms with Gasteiger partial charge in [0.2, 0.25) is 5.91 Å². The summed E-state index contributed by atoms with van der Waals surface area (Å²) in [5.41, 5.74) is 1.07. The number of nitrogens with zero attached hydrogens (tertiary/aromatic N) is 3. The Labute approximate surface area is 154 Å². The van der Waals surface area contributed by atoms with Crippen LogP contribution in [0.4, 0.5) is 0 Å². The molecule has 2 fully saturated rings. The van der Waals surface area contributed by atoms with Crippen molar-refractivity contribution >= 4 is 23.2 Å². The van der Waals surface area contributed by atoms with E-state index in [-0.39, 0.29) is 11.8 Å². The van der Waals surface area contributed by atoms with Gasteiger partial charge in [-0.3, -0.25) is 9.59 Å². The van der Waals surface area contributed by atoms with E-state index in [1.165, 1.54) is 11.3 Å². The summed E-state index contributed by atoms with van der Waals surface area (Å²) in [7, 11) is 2.10. The van der Waals surface area contributed by atoms with Gasteiger partial charge in [0.15, 0.2) is 0 Å². The van der Waals surface area contributed by atoms with E-state index in [4.69, 9.17) is 0 Å². The molecule has 0 N–H and O–H groups in total. The van der Waals surface area contributed by atoms with Crippen molar-refractivity contribution < 1.29 is 9.59 Å². The monoisotopic (exact) mass is 363 g/mol. The van der Waals surface area contributed by atoms with Gasteiger partial charge in [-0.15, -0.1) is 11.3 Å². The number of aryl methyl sites for hydroxylation is 1. The van der Waals surface area contributed by atoms with Crippen molar-refractivity contribution in [2.24, 2.45) is 5.92 Å². The Kier molecular flexibility index (Phi) is 6.12. The molecule has 0 saturated carbocycles. The molecule has 0 aliphatic carbocycles. The summed E-state index contributed by atoms with van der Waals surface area (Å²) in [6, 6.07) is 2.01. The molecule has 2 aliphatic rings. The molecule has 1 atom stereocenters. The van der Waals surface area contributed by atoms with Crippen molar-refractivity contribution in [3.8, 4) is 0 Å². The molecule has 0 bridgehead atoms. The molecule has 25 heavy (non-hydrogen) atoms. The van der Waals surface area contributed by atoms with Crippen LogP contribution >= 0.6 is 11.3 Å². The van der Waals surface area contributed by atoms with Crippen LogP contribution in [-0.4, -0.2) is 72.8 Å². The van der Waals surface area contributed by atoms with E-state index in [1.807, 2.05) is 28.2 Å². The summed E-state index contributed by atoms with van der Waals surface area (Å²) in [4.78, 5) is 32.3. The third-order valence-electron chi connectivity index (χ3n) is 5.48. The Balaban J connectivity index is 1.48. The third kappa shape index (κ3) is 4.61. The van der Waals surface area contributed by atoms with Gasteiger partial charge in [0, 0.05) is 45.7 Å². The molecule has 0 spiro atoms. The summed E-state index contributed by atoms with van der Waals surface area (Å²) >= 11 is 1.53. The number of piperidine rings is 1. The van der Waals surface area contributed by atoms with Gasteiger partial charge in [0.05, 0.1) is 4.88 Å². The van der Waals surface area contributed by atoms with Gasteiger partial charge >= 0.3 is 0 Å². The van der Waals surface area contributed by atoms with Crippen molar-refractivity contribution in [1.29, 1.82) is 0 Å². The molecule has 0 unspecified atom stereocenters. The van der Waals surface area contributed by atoms with E-state index in [0.29, 0.717) is 12.3 Å². The second-order valence-electron chi connectivity index (χ2n) is 7.41. The fourth-order valence-electron chi connectivity index (χ4n) is 3.76. The zero-order valence-corrected chi connectivity index (χ0v) is 16.2. The van der Waals surface area contributed by atoms with Crippen molar-refractivity contribution in [3.05, 3.63) is 21.9 Å². The Hall–Kier alpha value is -1.40. The quantitative estimate of drug-likeness (QED) is 0.825. The molecule has 3 heterocycles. The van der Waals surface area contributed by atoms with Crippen molar-refractivity contribution in [2.45, 2.75) is 32.6 Å². The fraction of sp³-hybridized carbons (Fsp3) is 0.684. The van der Waals surface area contributed by atoms with Gasteiger partial charge in [0.25, 0.3) is 5.91 Å². The molecule has 0 radical (unpaired) electrons. The highest BCUT2D eigenvalue weighted by Crippen LogP contribution is 2.25. The topological polar surface area (TPSA) is 43.9 Å². The molecule has 3 rings (SSSR count). The zero-order chi connectivity index (χ0) is 17.8. The summed E-state index contributed by atoms with van der Waals surface area (Å²) in [5, 5.41) is 1.98. The van der Waals surface area contributed by atoms with Gasteiger partial charge < -0.3 is 14.7 Å². The minimum absolute atomic E-state index is 0.169. The van der Waals surface area contributed by atoms with Crippen molar-refractivity contribution in [3.63, 3.8) is 0 Å². The maximum absolute atomic E-state index is 12.7. The van der Waals surface area contributed by atoms with Crippen molar-refractivity contribution in [1.82, 2.24) is 14.7 Å². The van der Waals surface area contributed by atoms with Gasteiger partial charge in [0.1, 0.15) is 0 Å². The SMILES string of the molecule is Cc1ccsc1C(=O)N1CCC[C@@H](CCC(=O)N2CCN(C)CC2)C1. The first kappa shape index (κ1) is 18.4. The number of rotatable bonds is 4.